The fraction of sp³-hybridized carbons (Fsp3) is 0. The average molecular weight is 701 g/mol. The Morgan fingerprint density at radius 2 is 0.627 bits per heavy atom. The molecular formula is C48H32S2Si. The third-order valence-electron chi connectivity index (χ3n) is 10.5. The molecule has 8 aromatic carbocycles. The predicted molar refractivity (Wildman–Crippen MR) is 227 cm³/mol. The molecular weight excluding hydrogens is 669 g/mol. The van der Waals surface area contributed by atoms with E-state index >= 15 is 0 Å². The number of hydrogen-bond acceptors (Lipinski definition) is 2. The van der Waals surface area contributed by atoms with E-state index in [1.807, 2.05) is 22.7 Å². The van der Waals surface area contributed by atoms with E-state index in [1.165, 1.54) is 83.3 Å². The van der Waals surface area contributed by atoms with Gasteiger partial charge in [-0.3, -0.25) is 0 Å². The lowest BCUT2D eigenvalue weighted by molar-refractivity contribution is 1.64. The summed E-state index contributed by atoms with van der Waals surface area (Å²) in [7, 11) is -3.00. The van der Waals surface area contributed by atoms with Gasteiger partial charge in [0.15, 0.2) is 8.07 Å². The lowest BCUT2D eigenvalue weighted by atomic mass is 10.0. The second-order valence-corrected chi connectivity index (χ2v) is 19.0. The number of rotatable bonds is 6. The van der Waals surface area contributed by atoms with Crippen molar-refractivity contribution in [3.05, 3.63) is 194 Å². The molecule has 0 saturated carbocycles. The summed E-state index contributed by atoms with van der Waals surface area (Å²) in [4.78, 5) is 0. The molecule has 0 N–H and O–H groups in total. The molecule has 0 bridgehead atoms. The van der Waals surface area contributed by atoms with Gasteiger partial charge < -0.3 is 0 Å². The Labute approximate surface area is 306 Å². The predicted octanol–water partition coefficient (Wildman–Crippen LogP) is 11.1. The van der Waals surface area contributed by atoms with Crippen molar-refractivity contribution in [2.24, 2.45) is 0 Å². The standard InChI is InChI=1S/C48H32S2Si/c1-3-17-33(18-4-1)51(34-19-5-2-6-20-34,45-31-13-9-23-37(45)41-27-15-25-39-35-21-7-11-29-43(35)49-47(39)41)46-32-14-10-24-38(46)42-28-16-26-40-36-22-8-12-30-44(36)50-48(40)42/h1-32H. The normalized spacial score (nSPS) is 11.9. The molecule has 3 heteroatoms. The van der Waals surface area contributed by atoms with E-state index < -0.39 is 8.07 Å². The zero-order chi connectivity index (χ0) is 33.8. The number of fused-ring (bicyclic) bond motifs is 6. The van der Waals surface area contributed by atoms with E-state index in [9.17, 15) is 0 Å². The Kier molecular flexibility index (Phi) is 7.31. The fourth-order valence-electron chi connectivity index (χ4n) is 8.32. The molecule has 0 aliphatic rings. The molecule has 240 valence electrons. The number of hydrogen-bond donors (Lipinski definition) is 0. The van der Waals surface area contributed by atoms with Gasteiger partial charge in [0, 0.05) is 40.3 Å². The largest absolute Gasteiger partial charge is 0.180 e. The maximum absolute atomic E-state index is 3.00. The first-order valence-corrected chi connectivity index (χ1v) is 21.1. The van der Waals surface area contributed by atoms with E-state index in [0.29, 0.717) is 0 Å². The van der Waals surface area contributed by atoms with Gasteiger partial charge in [0.1, 0.15) is 0 Å². The van der Waals surface area contributed by atoms with Crippen LogP contribution in [0.5, 0.6) is 0 Å². The van der Waals surface area contributed by atoms with Crippen LogP contribution in [0.4, 0.5) is 0 Å². The first-order valence-electron chi connectivity index (χ1n) is 17.4. The van der Waals surface area contributed by atoms with E-state index in [2.05, 4.69) is 194 Å². The highest BCUT2D eigenvalue weighted by atomic mass is 32.1. The molecule has 0 spiro atoms. The highest BCUT2D eigenvalue weighted by molar-refractivity contribution is 7.27. The maximum atomic E-state index is 2.44. The average Bonchev–Trinajstić information content (AvgIpc) is 3.78. The van der Waals surface area contributed by atoms with Crippen LogP contribution in [0, 0.1) is 0 Å². The molecule has 0 atom stereocenters. The van der Waals surface area contributed by atoms with Crippen molar-refractivity contribution in [3.63, 3.8) is 0 Å². The van der Waals surface area contributed by atoms with E-state index in [4.69, 9.17) is 0 Å². The second-order valence-electron chi connectivity index (χ2n) is 13.1. The molecule has 0 nitrogen and oxygen atoms in total. The van der Waals surface area contributed by atoms with Gasteiger partial charge in [-0.15, -0.1) is 22.7 Å². The fourth-order valence-corrected chi connectivity index (χ4v) is 16.0. The molecule has 0 aliphatic heterocycles. The van der Waals surface area contributed by atoms with Gasteiger partial charge in [-0.05, 0) is 55.1 Å². The van der Waals surface area contributed by atoms with Gasteiger partial charge in [0.25, 0.3) is 0 Å². The van der Waals surface area contributed by atoms with Crippen molar-refractivity contribution < 1.29 is 0 Å². The Balaban J connectivity index is 1.35. The summed E-state index contributed by atoms with van der Waals surface area (Å²) >= 11 is 3.82. The first kappa shape index (κ1) is 30.3. The molecule has 0 saturated heterocycles. The Morgan fingerprint density at radius 1 is 0.275 bits per heavy atom. The van der Waals surface area contributed by atoms with Crippen LogP contribution in [0.15, 0.2) is 194 Å². The minimum absolute atomic E-state index is 1.30. The van der Waals surface area contributed by atoms with E-state index in [0.717, 1.165) is 0 Å². The van der Waals surface area contributed by atoms with Crippen LogP contribution in [0.25, 0.3) is 62.6 Å². The SMILES string of the molecule is c1ccc([Si](c2ccccc2)(c2ccccc2-c2cccc3c2sc2ccccc23)c2ccccc2-c2cccc3c2sc2ccccc23)cc1. The number of benzene rings is 8. The summed E-state index contributed by atoms with van der Waals surface area (Å²) in [6.07, 6.45) is 0. The summed E-state index contributed by atoms with van der Waals surface area (Å²) in [5.41, 5.74) is 5.22. The van der Waals surface area contributed by atoms with Crippen LogP contribution in [-0.2, 0) is 0 Å². The van der Waals surface area contributed by atoms with Gasteiger partial charge in [-0.2, -0.15) is 0 Å². The Bertz CT molecular complexity index is 2670. The smallest absolute Gasteiger partial charge is 0.135 e. The van der Waals surface area contributed by atoms with Crippen molar-refractivity contribution in [1.82, 2.24) is 0 Å². The summed E-state index contributed by atoms with van der Waals surface area (Å²) in [5.74, 6) is 0. The molecule has 0 radical (unpaired) electrons. The molecule has 0 amide bonds. The Morgan fingerprint density at radius 3 is 1.10 bits per heavy atom. The minimum atomic E-state index is -3.00. The van der Waals surface area contributed by atoms with Crippen LogP contribution < -0.4 is 20.7 Å². The summed E-state index contributed by atoms with van der Waals surface area (Å²) in [5, 5.41) is 10.9. The van der Waals surface area contributed by atoms with Gasteiger partial charge in [-0.1, -0.05) is 182 Å². The molecule has 2 heterocycles. The van der Waals surface area contributed by atoms with E-state index in [1.54, 1.807) is 0 Å². The first-order chi connectivity index (χ1) is 25.3. The maximum Gasteiger partial charge on any atom is 0.180 e. The third kappa shape index (κ3) is 4.70. The molecule has 0 aliphatic carbocycles. The van der Waals surface area contributed by atoms with Crippen LogP contribution >= 0.6 is 22.7 Å². The van der Waals surface area contributed by atoms with Crippen molar-refractivity contribution in [2.45, 2.75) is 0 Å². The summed E-state index contributed by atoms with van der Waals surface area (Å²) in [6.45, 7) is 0. The van der Waals surface area contributed by atoms with Crippen molar-refractivity contribution >= 4 is 91.8 Å². The number of thiophene rings is 2. The molecule has 2 aromatic heterocycles. The van der Waals surface area contributed by atoms with Crippen molar-refractivity contribution in [3.8, 4) is 22.3 Å². The molecule has 10 rings (SSSR count). The van der Waals surface area contributed by atoms with Gasteiger partial charge >= 0.3 is 0 Å². The topological polar surface area (TPSA) is 0 Å². The molecule has 51 heavy (non-hydrogen) atoms. The van der Waals surface area contributed by atoms with Crippen molar-refractivity contribution in [2.75, 3.05) is 0 Å². The van der Waals surface area contributed by atoms with Gasteiger partial charge in [0.2, 0.25) is 0 Å². The van der Waals surface area contributed by atoms with E-state index in [-0.39, 0.29) is 0 Å². The van der Waals surface area contributed by atoms with Gasteiger partial charge in [0.05, 0.1) is 0 Å². The summed E-state index contributed by atoms with van der Waals surface area (Å²) < 4.78 is 5.35. The lowest BCUT2D eigenvalue weighted by Crippen LogP contribution is -2.75. The van der Waals surface area contributed by atoms with Crippen LogP contribution in [0.2, 0.25) is 0 Å². The zero-order valence-corrected chi connectivity index (χ0v) is 30.4. The monoisotopic (exact) mass is 700 g/mol. The van der Waals surface area contributed by atoms with Crippen LogP contribution in [0.1, 0.15) is 0 Å². The quantitative estimate of drug-likeness (QED) is 0.120. The van der Waals surface area contributed by atoms with Crippen LogP contribution in [-0.4, -0.2) is 8.07 Å². The summed E-state index contributed by atoms with van der Waals surface area (Å²) in [6, 6.07) is 72.8. The molecule has 10 aromatic rings. The lowest BCUT2D eigenvalue weighted by Gasteiger charge is -2.37. The minimum Gasteiger partial charge on any atom is -0.135 e. The zero-order valence-electron chi connectivity index (χ0n) is 27.8. The third-order valence-corrected chi connectivity index (χ3v) is 17.8. The second kappa shape index (κ2) is 12.3. The van der Waals surface area contributed by atoms with Crippen LogP contribution in [0.3, 0.4) is 0 Å². The highest BCUT2D eigenvalue weighted by Gasteiger charge is 2.44. The highest BCUT2D eigenvalue weighted by Crippen LogP contribution is 2.42. The van der Waals surface area contributed by atoms with Crippen molar-refractivity contribution in [1.29, 1.82) is 0 Å². The Hall–Kier alpha value is -5.58. The van der Waals surface area contributed by atoms with Gasteiger partial charge in [-0.25, -0.2) is 0 Å². The molecule has 0 unspecified atom stereocenters. The molecule has 0 fully saturated rings.